The highest BCUT2D eigenvalue weighted by Gasteiger charge is 2.31. The Morgan fingerprint density at radius 2 is 1.90 bits per heavy atom. The molecule has 0 radical (unpaired) electrons. The maximum atomic E-state index is 13.4. The number of nitrogens with zero attached hydrogens (tertiary/aromatic N) is 2. The Hall–Kier alpha value is -3.33. The number of aromatic nitrogens is 2. The number of aromatic amines is 1. The van der Waals surface area contributed by atoms with Gasteiger partial charge in [0.2, 0.25) is 5.91 Å². The van der Waals surface area contributed by atoms with Gasteiger partial charge in [0, 0.05) is 30.8 Å². The zero-order valence-electron chi connectivity index (χ0n) is 15.9. The SMILES string of the molecule is O=C(Cc1nc2ccccc2[nH]1)N[C@H]1C[C@@H](O)CN(C(=O)c2cc(F)cc(F)c2)C1. The van der Waals surface area contributed by atoms with Crippen molar-refractivity contribution in [2.24, 2.45) is 0 Å². The minimum absolute atomic E-state index is 0.0182. The van der Waals surface area contributed by atoms with Gasteiger partial charge in [-0.2, -0.15) is 0 Å². The molecule has 0 saturated carbocycles. The smallest absolute Gasteiger partial charge is 0.254 e. The van der Waals surface area contributed by atoms with Crippen LogP contribution in [0.5, 0.6) is 0 Å². The summed E-state index contributed by atoms with van der Waals surface area (Å²) in [7, 11) is 0. The molecule has 7 nitrogen and oxygen atoms in total. The molecule has 2 amide bonds. The van der Waals surface area contributed by atoms with Gasteiger partial charge in [0.25, 0.3) is 5.91 Å². The van der Waals surface area contributed by atoms with E-state index < -0.39 is 29.7 Å². The first-order valence-corrected chi connectivity index (χ1v) is 9.54. The number of likely N-dealkylation sites (tertiary alicyclic amines) is 1. The molecule has 2 atom stereocenters. The lowest BCUT2D eigenvalue weighted by molar-refractivity contribution is -0.121. The molecular formula is C21H20F2N4O3. The fourth-order valence-corrected chi connectivity index (χ4v) is 3.72. The van der Waals surface area contributed by atoms with Crippen LogP contribution in [0.2, 0.25) is 0 Å². The van der Waals surface area contributed by atoms with E-state index in [0.717, 1.165) is 23.2 Å². The third-order valence-corrected chi connectivity index (χ3v) is 4.96. The van der Waals surface area contributed by atoms with Gasteiger partial charge in [-0.1, -0.05) is 12.1 Å². The van der Waals surface area contributed by atoms with Gasteiger partial charge in [0.15, 0.2) is 0 Å². The van der Waals surface area contributed by atoms with Crippen LogP contribution in [-0.2, 0) is 11.2 Å². The molecule has 0 unspecified atom stereocenters. The summed E-state index contributed by atoms with van der Waals surface area (Å²) in [5, 5.41) is 12.9. The Kier molecular flexibility index (Phi) is 5.45. The lowest BCUT2D eigenvalue weighted by atomic mass is 10.0. The van der Waals surface area contributed by atoms with Crippen LogP contribution in [0.4, 0.5) is 8.78 Å². The number of H-pyrrole nitrogens is 1. The van der Waals surface area contributed by atoms with E-state index in [9.17, 15) is 23.5 Å². The largest absolute Gasteiger partial charge is 0.391 e. The maximum absolute atomic E-state index is 13.4. The number of imidazole rings is 1. The minimum atomic E-state index is -0.863. The topological polar surface area (TPSA) is 98.3 Å². The lowest BCUT2D eigenvalue weighted by Crippen LogP contribution is -2.54. The highest BCUT2D eigenvalue weighted by atomic mass is 19.1. The molecule has 1 fully saturated rings. The number of carbonyl (C=O) groups excluding carboxylic acids is 2. The molecule has 1 saturated heterocycles. The Morgan fingerprint density at radius 1 is 1.17 bits per heavy atom. The van der Waals surface area contributed by atoms with Crippen LogP contribution in [0.1, 0.15) is 22.6 Å². The van der Waals surface area contributed by atoms with Gasteiger partial charge in [-0.15, -0.1) is 0 Å². The molecule has 4 rings (SSSR count). The quantitative estimate of drug-likeness (QED) is 0.606. The highest BCUT2D eigenvalue weighted by Crippen LogP contribution is 2.17. The summed E-state index contributed by atoms with van der Waals surface area (Å²) in [6.45, 7) is 0.146. The second kappa shape index (κ2) is 8.19. The maximum Gasteiger partial charge on any atom is 0.254 e. The first kappa shape index (κ1) is 20.0. The molecule has 2 aromatic carbocycles. The van der Waals surface area contributed by atoms with Gasteiger partial charge < -0.3 is 20.3 Å². The average Bonchev–Trinajstić information content (AvgIpc) is 3.08. The molecule has 2 heterocycles. The summed E-state index contributed by atoms with van der Waals surface area (Å²) in [6.07, 6.45) is -0.574. The minimum Gasteiger partial charge on any atom is -0.391 e. The molecule has 156 valence electrons. The summed E-state index contributed by atoms with van der Waals surface area (Å²) >= 11 is 0. The zero-order valence-corrected chi connectivity index (χ0v) is 15.9. The fourth-order valence-electron chi connectivity index (χ4n) is 3.72. The summed E-state index contributed by atoms with van der Waals surface area (Å²) in [5.41, 5.74) is 1.44. The number of amides is 2. The first-order chi connectivity index (χ1) is 14.4. The van der Waals surface area contributed by atoms with Gasteiger partial charge in [-0.25, -0.2) is 13.8 Å². The van der Waals surface area contributed by atoms with E-state index >= 15 is 0 Å². The highest BCUT2D eigenvalue weighted by molar-refractivity contribution is 5.94. The number of halogens is 2. The van der Waals surface area contributed by atoms with Gasteiger partial charge in [-0.3, -0.25) is 9.59 Å². The second-order valence-electron chi connectivity index (χ2n) is 7.40. The van der Waals surface area contributed by atoms with Gasteiger partial charge in [-0.05, 0) is 30.7 Å². The van der Waals surface area contributed by atoms with Crippen molar-refractivity contribution in [2.75, 3.05) is 13.1 Å². The Labute approximate surface area is 170 Å². The number of nitrogens with one attached hydrogen (secondary N) is 2. The molecule has 0 aliphatic carbocycles. The zero-order chi connectivity index (χ0) is 21.3. The number of aliphatic hydroxyl groups is 1. The summed E-state index contributed by atoms with van der Waals surface area (Å²) in [6, 6.07) is 9.50. The van der Waals surface area contributed by atoms with Crippen LogP contribution in [0.3, 0.4) is 0 Å². The average molecular weight is 414 g/mol. The van der Waals surface area contributed by atoms with E-state index in [-0.39, 0.29) is 37.4 Å². The number of para-hydroxylation sites is 2. The lowest BCUT2D eigenvalue weighted by Gasteiger charge is -2.36. The van der Waals surface area contributed by atoms with E-state index in [0.29, 0.717) is 11.9 Å². The van der Waals surface area contributed by atoms with Crippen LogP contribution in [0.25, 0.3) is 11.0 Å². The van der Waals surface area contributed by atoms with E-state index in [1.807, 2.05) is 24.3 Å². The molecule has 0 bridgehead atoms. The molecule has 1 aliphatic heterocycles. The van der Waals surface area contributed by atoms with Crippen molar-refractivity contribution >= 4 is 22.8 Å². The van der Waals surface area contributed by atoms with Crippen molar-refractivity contribution in [3.63, 3.8) is 0 Å². The Bertz CT molecular complexity index is 1050. The third-order valence-electron chi connectivity index (χ3n) is 4.96. The number of aliphatic hydroxyl groups excluding tert-OH is 1. The molecular weight excluding hydrogens is 394 g/mol. The number of hydrogen-bond donors (Lipinski definition) is 3. The van der Waals surface area contributed by atoms with E-state index in [4.69, 9.17) is 0 Å². The number of carbonyl (C=O) groups is 2. The molecule has 30 heavy (non-hydrogen) atoms. The predicted molar refractivity (Wildman–Crippen MR) is 105 cm³/mol. The summed E-state index contributed by atoms with van der Waals surface area (Å²) in [5.74, 6) is -2.12. The van der Waals surface area contributed by atoms with Crippen LogP contribution in [0.15, 0.2) is 42.5 Å². The van der Waals surface area contributed by atoms with Crippen LogP contribution < -0.4 is 5.32 Å². The number of rotatable bonds is 4. The van der Waals surface area contributed by atoms with Crippen molar-refractivity contribution in [3.05, 3.63) is 65.5 Å². The molecule has 9 heteroatoms. The third kappa shape index (κ3) is 4.46. The molecule has 0 spiro atoms. The van der Waals surface area contributed by atoms with Crippen LogP contribution in [0, 0.1) is 11.6 Å². The number of hydrogen-bond acceptors (Lipinski definition) is 4. The molecule has 1 aromatic heterocycles. The number of piperidine rings is 1. The van der Waals surface area contributed by atoms with Crippen molar-refractivity contribution in [1.29, 1.82) is 0 Å². The first-order valence-electron chi connectivity index (χ1n) is 9.54. The summed E-state index contributed by atoms with van der Waals surface area (Å²) in [4.78, 5) is 33.8. The summed E-state index contributed by atoms with van der Waals surface area (Å²) < 4.78 is 26.9. The Morgan fingerprint density at radius 3 is 2.63 bits per heavy atom. The van der Waals surface area contributed by atoms with Crippen LogP contribution in [-0.4, -0.2) is 57.0 Å². The van der Waals surface area contributed by atoms with Gasteiger partial charge in [0.1, 0.15) is 17.5 Å². The Balaban J connectivity index is 1.41. The van der Waals surface area contributed by atoms with E-state index in [2.05, 4.69) is 15.3 Å². The number of fused-ring (bicyclic) bond motifs is 1. The van der Waals surface area contributed by atoms with Crippen molar-refractivity contribution in [1.82, 2.24) is 20.2 Å². The number of benzene rings is 2. The monoisotopic (exact) mass is 414 g/mol. The van der Waals surface area contributed by atoms with E-state index in [1.54, 1.807) is 0 Å². The predicted octanol–water partition coefficient (Wildman–Crippen LogP) is 1.78. The number of β-amino-alcohol motifs (C(OH)–C–C–N with tert-alkyl or cyclic N) is 1. The van der Waals surface area contributed by atoms with E-state index in [1.165, 1.54) is 4.90 Å². The fraction of sp³-hybridized carbons (Fsp3) is 0.286. The molecule has 1 aliphatic rings. The molecule has 3 N–H and O–H groups in total. The van der Waals surface area contributed by atoms with Crippen molar-refractivity contribution in [3.8, 4) is 0 Å². The standard InChI is InChI=1S/C21H20F2N4O3/c22-13-5-12(6-14(23)7-13)21(30)27-10-15(8-16(28)11-27)24-20(29)9-19-25-17-3-1-2-4-18(17)26-19/h1-7,15-16,28H,8-11H2,(H,24,29)(H,25,26)/t15-,16+/m0/s1. The van der Waals surface area contributed by atoms with Crippen LogP contribution >= 0.6 is 0 Å². The van der Waals surface area contributed by atoms with Crippen molar-refractivity contribution in [2.45, 2.75) is 25.0 Å². The molecule has 3 aromatic rings. The van der Waals surface area contributed by atoms with Crippen molar-refractivity contribution < 1.29 is 23.5 Å². The normalized spacial score (nSPS) is 19.1. The second-order valence-corrected chi connectivity index (χ2v) is 7.40. The van der Waals surface area contributed by atoms with Gasteiger partial charge >= 0.3 is 0 Å². The van der Waals surface area contributed by atoms with Gasteiger partial charge in [0.05, 0.1) is 23.6 Å².